The molecule has 2 heterocycles. The lowest BCUT2D eigenvalue weighted by molar-refractivity contribution is 1.07. The van der Waals surface area contributed by atoms with E-state index in [1.807, 2.05) is 42.5 Å². The maximum absolute atomic E-state index is 6.55. The van der Waals surface area contributed by atoms with E-state index in [9.17, 15) is 0 Å². The van der Waals surface area contributed by atoms with E-state index in [2.05, 4.69) is 88.8 Å². The first-order valence-corrected chi connectivity index (χ1v) is 13.5. The zero-order chi connectivity index (χ0) is 25.5. The summed E-state index contributed by atoms with van der Waals surface area (Å²) in [6, 6.07) is 41.8. The second-order valence-electron chi connectivity index (χ2n) is 9.06. The fourth-order valence-corrected chi connectivity index (χ4v) is 6.20. The zero-order valence-corrected chi connectivity index (χ0v) is 21.7. The van der Waals surface area contributed by atoms with Gasteiger partial charge in [0, 0.05) is 31.3 Å². The lowest BCUT2D eigenvalue weighted by atomic mass is 9.96. The van der Waals surface area contributed by atoms with Crippen LogP contribution in [0.4, 0.5) is 0 Å². The molecule has 0 atom stereocenters. The number of hydrogen-bond donors (Lipinski definition) is 0. The SMILES string of the molecule is Clc1nc(-c2cc(-c3ccccc3)cc(-c3ccccc3)c2)nc(-c2cccc3sc4ccccc4c23)n1. The summed E-state index contributed by atoms with van der Waals surface area (Å²) in [6.07, 6.45) is 0. The van der Waals surface area contributed by atoms with Crippen LogP contribution in [0, 0.1) is 0 Å². The average Bonchev–Trinajstić information content (AvgIpc) is 3.36. The molecule has 180 valence electrons. The number of benzene rings is 5. The second-order valence-corrected chi connectivity index (χ2v) is 10.5. The predicted octanol–water partition coefficient (Wildman–Crippen LogP) is 9.56. The molecule has 3 nitrogen and oxygen atoms in total. The van der Waals surface area contributed by atoms with Gasteiger partial charge in [-0.3, -0.25) is 0 Å². The van der Waals surface area contributed by atoms with E-state index in [4.69, 9.17) is 16.6 Å². The highest BCUT2D eigenvalue weighted by Crippen LogP contribution is 2.39. The van der Waals surface area contributed by atoms with Gasteiger partial charge in [0.15, 0.2) is 11.6 Å². The smallest absolute Gasteiger partial charge is 0.208 e. The molecule has 0 spiro atoms. The van der Waals surface area contributed by atoms with Crippen LogP contribution in [0.3, 0.4) is 0 Å². The third-order valence-electron chi connectivity index (χ3n) is 6.66. The first kappa shape index (κ1) is 22.8. The molecule has 0 aliphatic carbocycles. The molecular weight excluding hydrogens is 506 g/mol. The molecule has 2 aromatic heterocycles. The fraction of sp³-hybridized carbons (Fsp3) is 0. The van der Waals surface area contributed by atoms with Crippen molar-refractivity contribution >= 4 is 43.1 Å². The lowest BCUT2D eigenvalue weighted by Crippen LogP contribution is -1.98. The van der Waals surface area contributed by atoms with Crippen molar-refractivity contribution in [3.8, 4) is 45.0 Å². The standard InChI is InChI=1S/C33H20ClN3S/c34-33-36-31(35-32(37-33)27-15-9-17-29-30(27)26-14-7-8-16-28(26)38-29)25-19-23(21-10-3-1-4-11-21)18-24(20-25)22-12-5-2-6-13-22/h1-20H. The van der Waals surface area contributed by atoms with Crippen LogP contribution in [-0.2, 0) is 0 Å². The van der Waals surface area contributed by atoms with Gasteiger partial charge in [-0.25, -0.2) is 4.98 Å². The van der Waals surface area contributed by atoms with Gasteiger partial charge in [0.05, 0.1) is 0 Å². The maximum atomic E-state index is 6.55. The molecule has 0 fully saturated rings. The van der Waals surface area contributed by atoms with Crippen LogP contribution in [0.5, 0.6) is 0 Å². The summed E-state index contributed by atoms with van der Waals surface area (Å²) < 4.78 is 2.43. The van der Waals surface area contributed by atoms with Gasteiger partial charge in [-0.2, -0.15) is 9.97 Å². The largest absolute Gasteiger partial charge is 0.226 e. The Morgan fingerprint density at radius 1 is 0.474 bits per heavy atom. The van der Waals surface area contributed by atoms with E-state index in [1.54, 1.807) is 11.3 Å². The highest BCUT2D eigenvalue weighted by atomic mass is 35.5. The molecule has 0 unspecified atom stereocenters. The van der Waals surface area contributed by atoms with Crippen molar-refractivity contribution in [1.82, 2.24) is 15.0 Å². The van der Waals surface area contributed by atoms with Gasteiger partial charge in [-0.05, 0) is 64.2 Å². The molecule has 0 bridgehead atoms. The minimum atomic E-state index is 0.174. The molecule has 38 heavy (non-hydrogen) atoms. The van der Waals surface area contributed by atoms with E-state index in [0.29, 0.717) is 11.6 Å². The van der Waals surface area contributed by atoms with Crippen molar-refractivity contribution in [1.29, 1.82) is 0 Å². The van der Waals surface area contributed by atoms with Crippen LogP contribution in [-0.4, -0.2) is 15.0 Å². The minimum Gasteiger partial charge on any atom is -0.208 e. The number of fused-ring (bicyclic) bond motifs is 3. The van der Waals surface area contributed by atoms with E-state index in [1.165, 1.54) is 14.8 Å². The van der Waals surface area contributed by atoms with Gasteiger partial charge in [0.25, 0.3) is 0 Å². The number of rotatable bonds is 4. The van der Waals surface area contributed by atoms with Crippen molar-refractivity contribution in [2.45, 2.75) is 0 Å². The number of hydrogen-bond acceptors (Lipinski definition) is 4. The normalized spacial score (nSPS) is 11.3. The van der Waals surface area contributed by atoms with Gasteiger partial charge in [0.1, 0.15) is 0 Å². The molecule has 0 N–H and O–H groups in total. The Morgan fingerprint density at radius 2 is 1.05 bits per heavy atom. The van der Waals surface area contributed by atoms with Crippen LogP contribution in [0.15, 0.2) is 121 Å². The van der Waals surface area contributed by atoms with Gasteiger partial charge in [-0.1, -0.05) is 91.0 Å². The first-order chi connectivity index (χ1) is 18.7. The summed E-state index contributed by atoms with van der Waals surface area (Å²) in [5, 5.41) is 2.51. The summed E-state index contributed by atoms with van der Waals surface area (Å²) in [4.78, 5) is 14.1. The monoisotopic (exact) mass is 525 g/mol. The zero-order valence-electron chi connectivity index (χ0n) is 20.2. The summed E-state index contributed by atoms with van der Waals surface area (Å²) in [5.74, 6) is 1.12. The molecule has 7 rings (SSSR count). The van der Waals surface area contributed by atoms with Crippen molar-refractivity contribution in [2.24, 2.45) is 0 Å². The highest BCUT2D eigenvalue weighted by Gasteiger charge is 2.16. The molecule has 0 aliphatic heterocycles. The first-order valence-electron chi connectivity index (χ1n) is 12.3. The summed E-state index contributed by atoms with van der Waals surface area (Å²) in [7, 11) is 0. The summed E-state index contributed by atoms with van der Waals surface area (Å²) in [5.41, 5.74) is 6.27. The van der Waals surface area contributed by atoms with Gasteiger partial charge >= 0.3 is 0 Å². The lowest BCUT2D eigenvalue weighted by Gasteiger charge is -2.11. The van der Waals surface area contributed by atoms with E-state index >= 15 is 0 Å². The van der Waals surface area contributed by atoms with Crippen LogP contribution < -0.4 is 0 Å². The third kappa shape index (κ3) is 4.14. The molecule has 0 saturated heterocycles. The molecule has 0 saturated carbocycles. The van der Waals surface area contributed by atoms with E-state index in [0.717, 1.165) is 38.8 Å². The number of nitrogens with zero attached hydrogens (tertiary/aromatic N) is 3. The van der Waals surface area contributed by atoms with E-state index in [-0.39, 0.29) is 5.28 Å². The van der Waals surface area contributed by atoms with Crippen molar-refractivity contribution in [2.75, 3.05) is 0 Å². The van der Waals surface area contributed by atoms with Crippen molar-refractivity contribution < 1.29 is 0 Å². The number of aromatic nitrogens is 3. The Hall–Kier alpha value is -4.38. The van der Waals surface area contributed by atoms with Gasteiger partial charge in [0.2, 0.25) is 5.28 Å². The quantitative estimate of drug-likeness (QED) is 0.229. The fourth-order valence-electron chi connectivity index (χ4n) is 4.91. The third-order valence-corrected chi connectivity index (χ3v) is 7.96. The van der Waals surface area contributed by atoms with Crippen LogP contribution in [0.2, 0.25) is 5.28 Å². The maximum Gasteiger partial charge on any atom is 0.226 e. The Morgan fingerprint density at radius 3 is 1.76 bits per heavy atom. The second kappa shape index (κ2) is 9.49. The van der Waals surface area contributed by atoms with Gasteiger partial charge < -0.3 is 0 Å². The average molecular weight is 526 g/mol. The Labute approximate surface area is 229 Å². The Balaban J connectivity index is 1.44. The predicted molar refractivity (Wildman–Crippen MR) is 159 cm³/mol. The molecule has 5 aromatic carbocycles. The Kier molecular flexibility index (Phi) is 5.69. The molecule has 0 radical (unpaired) electrons. The molecule has 5 heteroatoms. The van der Waals surface area contributed by atoms with Crippen LogP contribution in [0.25, 0.3) is 65.2 Å². The van der Waals surface area contributed by atoms with E-state index < -0.39 is 0 Å². The van der Waals surface area contributed by atoms with Crippen LogP contribution in [0.1, 0.15) is 0 Å². The molecular formula is C33H20ClN3S. The minimum absolute atomic E-state index is 0.174. The topological polar surface area (TPSA) is 38.7 Å². The highest BCUT2D eigenvalue weighted by molar-refractivity contribution is 7.25. The molecule has 7 aromatic rings. The molecule has 0 aliphatic rings. The number of thiophene rings is 1. The molecule has 0 amide bonds. The van der Waals surface area contributed by atoms with Crippen LogP contribution >= 0.6 is 22.9 Å². The van der Waals surface area contributed by atoms with Crippen molar-refractivity contribution in [3.05, 3.63) is 127 Å². The van der Waals surface area contributed by atoms with Crippen molar-refractivity contribution in [3.63, 3.8) is 0 Å². The summed E-state index contributed by atoms with van der Waals surface area (Å²) in [6.45, 7) is 0. The van der Waals surface area contributed by atoms with Gasteiger partial charge in [-0.15, -0.1) is 11.3 Å². The Bertz CT molecular complexity index is 1870. The summed E-state index contributed by atoms with van der Waals surface area (Å²) >= 11 is 8.32. The number of halogens is 1.